The molecule has 15 heteroatoms. The summed E-state index contributed by atoms with van der Waals surface area (Å²) < 4.78 is 34.1. The predicted octanol–water partition coefficient (Wildman–Crippen LogP) is 2.56. The molecule has 4 aromatic rings. The number of ketones is 1. The van der Waals surface area contributed by atoms with Crippen molar-refractivity contribution in [3.63, 3.8) is 0 Å². The Morgan fingerprint density at radius 2 is 1.89 bits per heavy atom. The third-order valence-corrected chi connectivity index (χ3v) is 11.2. The van der Waals surface area contributed by atoms with Crippen molar-refractivity contribution < 1.29 is 22.7 Å². The number of nitrogens with one attached hydrogen (secondary N) is 2. The van der Waals surface area contributed by atoms with Crippen molar-refractivity contribution in [3.8, 4) is 11.4 Å². The second-order valence-corrected chi connectivity index (χ2v) is 14.6. The molecule has 5 heterocycles. The fraction of sp³-hybridized carbons (Fsp3) is 0.452. The summed E-state index contributed by atoms with van der Waals surface area (Å²) >= 11 is 1.68. The van der Waals surface area contributed by atoms with Crippen LogP contribution >= 0.6 is 11.3 Å². The monoisotopic (exact) mass is 666 g/mol. The first kappa shape index (κ1) is 32.2. The Morgan fingerprint density at radius 1 is 1.09 bits per heavy atom. The van der Waals surface area contributed by atoms with Gasteiger partial charge in [0, 0.05) is 81.0 Å². The van der Waals surface area contributed by atoms with Crippen LogP contribution in [0.2, 0.25) is 0 Å². The summed E-state index contributed by atoms with van der Waals surface area (Å²) in [5.74, 6) is 0.941. The van der Waals surface area contributed by atoms with Crippen LogP contribution in [0.15, 0.2) is 42.6 Å². The van der Waals surface area contributed by atoms with Crippen LogP contribution in [0.3, 0.4) is 0 Å². The molecule has 0 unspecified atom stereocenters. The molecule has 2 fully saturated rings. The van der Waals surface area contributed by atoms with Crippen molar-refractivity contribution in [2.45, 2.75) is 26.3 Å². The number of morpholine rings is 1. The van der Waals surface area contributed by atoms with Crippen molar-refractivity contribution in [1.82, 2.24) is 34.7 Å². The number of amides is 1. The normalized spacial score (nSPS) is 16.9. The average molecular weight is 667 g/mol. The number of H-pyrrole nitrogens is 1. The number of aromatic nitrogens is 4. The Hall–Kier alpha value is -3.76. The number of fused-ring (bicyclic) bond motifs is 2. The Kier molecular flexibility index (Phi) is 10.0. The number of carbonyl (C=O) groups is 2. The maximum atomic E-state index is 13.0. The fourth-order valence-corrected chi connectivity index (χ4v) is 8.24. The van der Waals surface area contributed by atoms with Gasteiger partial charge >= 0.3 is 0 Å². The molecule has 0 bridgehead atoms. The Balaban J connectivity index is 1.10. The molecule has 0 atom stereocenters. The number of aromatic amines is 1. The number of ether oxygens (including phenoxy) is 1. The van der Waals surface area contributed by atoms with Gasteiger partial charge in [0.15, 0.2) is 17.4 Å². The minimum atomic E-state index is -3.52. The maximum absolute atomic E-state index is 13.0. The number of allylic oxidation sites excluding steroid dienone is 2. The molecule has 1 amide bonds. The van der Waals surface area contributed by atoms with Gasteiger partial charge in [0.1, 0.15) is 0 Å². The van der Waals surface area contributed by atoms with Gasteiger partial charge in [-0.2, -0.15) is 9.40 Å². The zero-order valence-electron chi connectivity index (χ0n) is 25.8. The van der Waals surface area contributed by atoms with E-state index in [4.69, 9.17) is 14.7 Å². The average Bonchev–Trinajstić information content (AvgIpc) is 3.71. The first-order valence-electron chi connectivity index (χ1n) is 15.5. The van der Waals surface area contributed by atoms with Gasteiger partial charge < -0.3 is 15.0 Å². The summed E-state index contributed by atoms with van der Waals surface area (Å²) in [7, 11) is -3.52. The van der Waals surface area contributed by atoms with Gasteiger partial charge in [-0.25, -0.2) is 18.4 Å². The van der Waals surface area contributed by atoms with Gasteiger partial charge in [-0.15, -0.1) is 11.3 Å². The predicted molar refractivity (Wildman–Crippen MR) is 178 cm³/mol. The van der Waals surface area contributed by atoms with E-state index in [2.05, 4.69) is 31.4 Å². The Bertz CT molecular complexity index is 1840. The Morgan fingerprint density at radius 3 is 2.67 bits per heavy atom. The zero-order valence-corrected chi connectivity index (χ0v) is 27.4. The fourth-order valence-electron chi connectivity index (χ4n) is 5.74. The number of piperazine rings is 1. The summed E-state index contributed by atoms with van der Waals surface area (Å²) in [6, 6.07) is 8.11. The van der Waals surface area contributed by atoms with Gasteiger partial charge in [-0.1, -0.05) is 18.2 Å². The highest BCUT2D eigenvalue weighted by Crippen LogP contribution is 2.36. The minimum absolute atomic E-state index is 0.0184. The molecular weight excluding hydrogens is 629 g/mol. The van der Waals surface area contributed by atoms with Crippen LogP contribution in [-0.2, 0) is 30.9 Å². The van der Waals surface area contributed by atoms with E-state index < -0.39 is 10.0 Å². The van der Waals surface area contributed by atoms with E-state index in [9.17, 15) is 18.0 Å². The van der Waals surface area contributed by atoms with Crippen LogP contribution in [0, 0.1) is 0 Å². The molecule has 3 aromatic heterocycles. The number of thiophene rings is 1. The molecular formula is C31H38N8O5S2. The second-order valence-electron chi connectivity index (χ2n) is 11.3. The minimum Gasteiger partial charge on any atom is -0.378 e. The van der Waals surface area contributed by atoms with E-state index in [1.807, 2.05) is 18.2 Å². The Labute approximate surface area is 271 Å². The van der Waals surface area contributed by atoms with Crippen molar-refractivity contribution in [3.05, 3.63) is 47.5 Å². The van der Waals surface area contributed by atoms with Crippen LogP contribution in [0.5, 0.6) is 0 Å². The standard InChI is InChI=1S/C31H38N8O5S2/c1-2-4-22(40)7-8-28(41)32-9-18-46(42,43)39-12-10-37(11-13-39)21-23-19-27-29(45-23)31(38-14-16-44-17-15-38)35-30(34-27)24-5-3-6-26-25(24)20-33-36-26/h2-6,19-20H,7-18,21H2,1H3,(H,32,41)(H,33,36)/b4-2+. The number of sulfonamides is 1. The van der Waals surface area contributed by atoms with Crippen LogP contribution < -0.4 is 10.2 Å². The van der Waals surface area contributed by atoms with Crippen molar-refractivity contribution in [2.75, 3.05) is 69.7 Å². The molecule has 13 nitrogen and oxygen atoms in total. The summed E-state index contributed by atoms with van der Waals surface area (Å²) in [6.07, 6.45) is 5.01. The molecule has 0 spiro atoms. The molecule has 0 aliphatic carbocycles. The lowest BCUT2D eigenvalue weighted by Gasteiger charge is -2.33. The quantitative estimate of drug-likeness (QED) is 0.216. The second kappa shape index (κ2) is 14.3. The lowest BCUT2D eigenvalue weighted by molar-refractivity contribution is -0.123. The number of benzene rings is 1. The summed E-state index contributed by atoms with van der Waals surface area (Å²) in [6.45, 7) is 7.22. The molecule has 2 aliphatic heterocycles. The highest BCUT2D eigenvalue weighted by atomic mass is 32.2. The zero-order chi connectivity index (χ0) is 32.1. The number of anilines is 1. The SMILES string of the molecule is C/C=C/C(=O)CCC(=O)NCCS(=O)(=O)N1CCN(Cc2cc3nc(-c4cccc5[nH]ncc45)nc(N4CCOCC4)c3s2)CC1. The van der Waals surface area contributed by atoms with E-state index >= 15 is 0 Å². The van der Waals surface area contributed by atoms with E-state index in [0.717, 1.165) is 50.5 Å². The van der Waals surface area contributed by atoms with Gasteiger partial charge in [0.05, 0.1) is 40.9 Å². The summed E-state index contributed by atoms with van der Waals surface area (Å²) in [4.78, 5) is 39.3. The first-order chi connectivity index (χ1) is 22.3. The molecule has 2 aliphatic rings. The number of hydrogen-bond acceptors (Lipinski definition) is 11. The molecule has 1 aromatic carbocycles. The van der Waals surface area contributed by atoms with Gasteiger partial charge in [-0.05, 0) is 25.1 Å². The van der Waals surface area contributed by atoms with Gasteiger partial charge in [-0.3, -0.25) is 19.6 Å². The van der Waals surface area contributed by atoms with Crippen molar-refractivity contribution in [2.24, 2.45) is 0 Å². The molecule has 0 saturated carbocycles. The maximum Gasteiger partial charge on any atom is 0.220 e. The molecule has 6 rings (SSSR count). The van der Waals surface area contributed by atoms with Gasteiger partial charge in [0.25, 0.3) is 0 Å². The lowest BCUT2D eigenvalue weighted by atomic mass is 10.1. The molecule has 2 N–H and O–H groups in total. The molecule has 0 radical (unpaired) electrons. The van der Waals surface area contributed by atoms with E-state index in [-0.39, 0.29) is 36.8 Å². The highest BCUT2D eigenvalue weighted by molar-refractivity contribution is 7.89. The number of nitrogens with zero attached hydrogens (tertiary/aromatic N) is 6. The largest absolute Gasteiger partial charge is 0.378 e. The molecule has 46 heavy (non-hydrogen) atoms. The number of rotatable bonds is 12. The summed E-state index contributed by atoms with van der Waals surface area (Å²) in [5.41, 5.74) is 2.74. The van der Waals surface area contributed by atoms with E-state index in [0.29, 0.717) is 51.8 Å². The van der Waals surface area contributed by atoms with Gasteiger partial charge in [0.2, 0.25) is 15.9 Å². The smallest absolute Gasteiger partial charge is 0.220 e. The topological polar surface area (TPSA) is 154 Å². The molecule has 2 saturated heterocycles. The lowest BCUT2D eigenvalue weighted by Crippen LogP contribution is -2.49. The highest BCUT2D eigenvalue weighted by Gasteiger charge is 2.28. The van der Waals surface area contributed by atoms with Crippen LogP contribution in [0.4, 0.5) is 5.82 Å². The number of hydrogen-bond donors (Lipinski definition) is 2. The number of carbonyl (C=O) groups excluding carboxylic acids is 2. The van der Waals surface area contributed by atoms with Crippen LogP contribution in [0.25, 0.3) is 32.5 Å². The van der Waals surface area contributed by atoms with Crippen LogP contribution in [-0.4, -0.2) is 114 Å². The third kappa shape index (κ3) is 7.44. The first-order valence-corrected chi connectivity index (χ1v) is 17.9. The van der Waals surface area contributed by atoms with Crippen molar-refractivity contribution >= 4 is 60.0 Å². The van der Waals surface area contributed by atoms with Crippen LogP contribution in [0.1, 0.15) is 24.6 Å². The summed E-state index contributed by atoms with van der Waals surface area (Å²) in [5, 5.41) is 10.8. The third-order valence-electron chi connectivity index (χ3n) is 8.18. The molecule has 244 valence electrons. The van der Waals surface area contributed by atoms with Crippen molar-refractivity contribution in [1.29, 1.82) is 0 Å². The van der Waals surface area contributed by atoms with E-state index in [1.54, 1.807) is 30.5 Å². The van der Waals surface area contributed by atoms with E-state index in [1.165, 1.54) is 10.4 Å².